The molecule has 11 heavy (non-hydrogen) atoms. The van der Waals surface area contributed by atoms with Crippen LogP contribution in [0, 0.1) is 6.07 Å². The normalized spacial score (nSPS) is 17.5. The van der Waals surface area contributed by atoms with E-state index in [0.29, 0.717) is 6.04 Å². The quantitative estimate of drug-likeness (QED) is 0.682. The Bertz CT molecular complexity index is 218. The Morgan fingerprint density at radius 1 is 1.55 bits per heavy atom. The number of anilines is 1. The van der Waals surface area contributed by atoms with Gasteiger partial charge >= 0.3 is 0 Å². The van der Waals surface area contributed by atoms with E-state index >= 15 is 0 Å². The topological polar surface area (TPSA) is 21.3 Å². The van der Waals surface area contributed by atoms with Crippen LogP contribution >= 0.6 is 0 Å². The molecular formula is C9H10NO. The van der Waals surface area contributed by atoms with Crippen molar-refractivity contribution in [2.24, 2.45) is 0 Å². The largest absolute Gasteiger partial charge is 0.378 e. The second-order valence-electron chi connectivity index (χ2n) is 2.67. The lowest BCUT2D eigenvalue weighted by Gasteiger charge is -2.27. The minimum absolute atomic E-state index is 0.505. The molecule has 0 amide bonds. The molecule has 57 valence electrons. The van der Waals surface area contributed by atoms with Crippen molar-refractivity contribution in [3.63, 3.8) is 0 Å². The van der Waals surface area contributed by atoms with Gasteiger partial charge < -0.3 is 10.1 Å². The molecule has 1 aliphatic rings. The number of nitrogens with one attached hydrogen (secondary N) is 1. The van der Waals surface area contributed by atoms with E-state index in [2.05, 4.69) is 11.4 Å². The zero-order chi connectivity index (χ0) is 7.52. The Balaban J connectivity index is 1.95. The SMILES string of the molecule is [c]1cccc(NC2COC2)c1. The van der Waals surface area contributed by atoms with Crippen LogP contribution in [0.15, 0.2) is 24.3 Å². The van der Waals surface area contributed by atoms with Gasteiger partial charge in [0.2, 0.25) is 0 Å². The van der Waals surface area contributed by atoms with Crippen LogP contribution in [0.5, 0.6) is 0 Å². The van der Waals surface area contributed by atoms with Crippen molar-refractivity contribution in [3.05, 3.63) is 30.3 Å². The van der Waals surface area contributed by atoms with Gasteiger partial charge in [-0.2, -0.15) is 0 Å². The zero-order valence-corrected chi connectivity index (χ0v) is 6.21. The number of hydrogen-bond acceptors (Lipinski definition) is 2. The van der Waals surface area contributed by atoms with Gasteiger partial charge in [0.15, 0.2) is 0 Å². The zero-order valence-electron chi connectivity index (χ0n) is 6.21. The van der Waals surface area contributed by atoms with Crippen molar-refractivity contribution in [1.29, 1.82) is 0 Å². The maximum Gasteiger partial charge on any atom is 0.0728 e. The van der Waals surface area contributed by atoms with Crippen molar-refractivity contribution in [2.45, 2.75) is 6.04 Å². The summed E-state index contributed by atoms with van der Waals surface area (Å²) >= 11 is 0. The third-order valence-electron chi connectivity index (χ3n) is 1.72. The summed E-state index contributed by atoms with van der Waals surface area (Å²) in [7, 11) is 0. The Morgan fingerprint density at radius 3 is 3.00 bits per heavy atom. The van der Waals surface area contributed by atoms with E-state index in [1.165, 1.54) is 0 Å². The van der Waals surface area contributed by atoms with Crippen LogP contribution in [0.2, 0.25) is 0 Å². The fraction of sp³-hybridized carbons (Fsp3) is 0.333. The van der Waals surface area contributed by atoms with E-state index in [-0.39, 0.29) is 0 Å². The Labute approximate surface area is 66.2 Å². The van der Waals surface area contributed by atoms with Gasteiger partial charge in [0.1, 0.15) is 0 Å². The average molecular weight is 148 g/mol. The van der Waals surface area contributed by atoms with E-state index in [0.717, 1.165) is 18.9 Å². The predicted octanol–water partition coefficient (Wildman–Crippen LogP) is 1.30. The van der Waals surface area contributed by atoms with Gasteiger partial charge in [-0.05, 0) is 18.2 Å². The molecule has 2 rings (SSSR count). The maximum atomic E-state index is 5.03. The van der Waals surface area contributed by atoms with E-state index in [9.17, 15) is 0 Å². The lowest BCUT2D eigenvalue weighted by atomic mass is 10.2. The lowest BCUT2D eigenvalue weighted by Crippen LogP contribution is -2.40. The summed E-state index contributed by atoms with van der Waals surface area (Å²) in [5, 5.41) is 3.32. The van der Waals surface area contributed by atoms with Crippen LogP contribution in [-0.4, -0.2) is 19.3 Å². The fourth-order valence-electron chi connectivity index (χ4n) is 1.04. The number of benzene rings is 1. The molecule has 2 heteroatoms. The first kappa shape index (κ1) is 6.68. The summed E-state index contributed by atoms with van der Waals surface area (Å²) in [5.74, 6) is 0. The highest BCUT2D eigenvalue weighted by Gasteiger charge is 2.16. The molecule has 1 aromatic rings. The first-order valence-corrected chi connectivity index (χ1v) is 3.75. The molecule has 1 aliphatic heterocycles. The number of hydrogen-bond donors (Lipinski definition) is 1. The summed E-state index contributed by atoms with van der Waals surface area (Å²) in [6, 6.07) is 11.4. The molecule has 0 saturated carbocycles. The van der Waals surface area contributed by atoms with E-state index in [1.807, 2.05) is 24.3 Å². The molecule has 0 bridgehead atoms. The molecule has 0 aromatic heterocycles. The average Bonchev–Trinajstić information content (AvgIpc) is 1.99. The summed E-state index contributed by atoms with van der Waals surface area (Å²) in [5.41, 5.74) is 1.13. The number of rotatable bonds is 2. The Hall–Kier alpha value is -1.02. The van der Waals surface area contributed by atoms with Crippen LogP contribution in [0.4, 0.5) is 5.69 Å². The second-order valence-corrected chi connectivity index (χ2v) is 2.67. The summed E-state index contributed by atoms with van der Waals surface area (Å²) < 4.78 is 5.03. The molecule has 1 saturated heterocycles. The monoisotopic (exact) mass is 148 g/mol. The first-order valence-electron chi connectivity index (χ1n) is 3.75. The Morgan fingerprint density at radius 2 is 2.45 bits per heavy atom. The molecule has 1 fully saturated rings. The van der Waals surface area contributed by atoms with E-state index in [4.69, 9.17) is 4.74 Å². The highest BCUT2D eigenvalue weighted by molar-refractivity contribution is 5.43. The molecule has 0 aliphatic carbocycles. The molecule has 1 heterocycles. The molecule has 0 unspecified atom stereocenters. The summed E-state index contributed by atoms with van der Waals surface area (Å²) in [4.78, 5) is 0. The van der Waals surface area contributed by atoms with Gasteiger partial charge in [-0.3, -0.25) is 0 Å². The molecule has 1 aromatic carbocycles. The third kappa shape index (κ3) is 1.52. The summed E-state index contributed by atoms with van der Waals surface area (Å²) in [6.45, 7) is 1.66. The van der Waals surface area contributed by atoms with Gasteiger partial charge in [0, 0.05) is 5.69 Å². The molecule has 0 spiro atoms. The number of ether oxygens (including phenoxy) is 1. The van der Waals surface area contributed by atoms with Crippen LogP contribution in [0.25, 0.3) is 0 Å². The Kier molecular flexibility index (Phi) is 1.78. The third-order valence-corrected chi connectivity index (χ3v) is 1.72. The highest BCUT2D eigenvalue weighted by Crippen LogP contribution is 2.10. The second kappa shape index (κ2) is 2.93. The maximum absolute atomic E-state index is 5.03. The predicted molar refractivity (Wildman–Crippen MR) is 43.5 cm³/mol. The van der Waals surface area contributed by atoms with Gasteiger partial charge in [-0.1, -0.05) is 12.1 Å². The first-order chi connectivity index (χ1) is 5.45. The van der Waals surface area contributed by atoms with Crippen molar-refractivity contribution >= 4 is 5.69 Å². The lowest BCUT2D eigenvalue weighted by molar-refractivity contribution is 0.0211. The van der Waals surface area contributed by atoms with Crippen LogP contribution in [0.3, 0.4) is 0 Å². The molecule has 1 N–H and O–H groups in total. The van der Waals surface area contributed by atoms with Crippen molar-refractivity contribution in [1.82, 2.24) is 0 Å². The van der Waals surface area contributed by atoms with Crippen LogP contribution < -0.4 is 5.32 Å². The molecule has 0 atom stereocenters. The van der Waals surface area contributed by atoms with Gasteiger partial charge in [0.25, 0.3) is 0 Å². The van der Waals surface area contributed by atoms with Crippen molar-refractivity contribution < 1.29 is 4.74 Å². The van der Waals surface area contributed by atoms with Crippen LogP contribution in [-0.2, 0) is 4.74 Å². The van der Waals surface area contributed by atoms with Crippen LogP contribution in [0.1, 0.15) is 0 Å². The van der Waals surface area contributed by atoms with Gasteiger partial charge in [-0.25, -0.2) is 0 Å². The van der Waals surface area contributed by atoms with Gasteiger partial charge in [0.05, 0.1) is 19.3 Å². The molecule has 1 radical (unpaired) electrons. The highest BCUT2D eigenvalue weighted by atomic mass is 16.5. The molecular weight excluding hydrogens is 138 g/mol. The van der Waals surface area contributed by atoms with E-state index in [1.54, 1.807) is 0 Å². The molecule has 2 nitrogen and oxygen atoms in total. The minimum Gasteiger partial charge on any atom is -0.378 e. The summed E-state index contributed by atoms with van der Waals surface area (Å²) in [6.07, 6.45) is 0. The van der Waals surface area contributed by atoms with Crippen molar-refractivity contribution in [2.75, 3.05) is 18.5 Å². The standard InChI is InChI=1S/C9H10NO/c1-2-4-8(5-3-1)10-9-6-11-7-9/h1-2,4-5,9-10H,6-7H2. The van der Waals surface area contributed by atoms with Gasteiger partial charge in [-0.15, -0.1) is 0 Å². The fourth-order valence-corrected chi connectivity index (χ4v) is 1.04. The van der Waals surface area contributed by atoms with Crippen molar-refractivity contribution in [3.8, 4) is 0 Å². The minimum atomic E-state index is 0.505. The smallest absolute Gasteiger partial charge is 0.0728 e. The van der Waals surface area contributed by atoms with E-state index < -0.39 is 0 Å².